The highest BCUT2D eigenvalue weighted by molar-refractivity contribution is 6.00. The third kappa shape index (κ3) is 11.3. The lowest BCUT2D eigenvalue weighted by atomic mass is 9.75. The maximum atomic E-state index is 13.2. The van der Waals surface area contributed by atoms with Gasteiger partial charge < -0.3 is 18.9 Å². The van der Waals surface area contributed by atoms with Crippen molar-refractivity contribution in [3.63, 3.8) is 0 Å². The summed E-state index contributed by atoms with van der Waals surface area (Å²) < 4.78 is 21.9. The highest BCUT2D eigenvalue weighted by Crippen LogP contribution is 2.39. The van der Waals surface area contributed by atoms with Crippen LogP contribution in [0.15, 0.2) is 0 Å². The van der Waals surface area contributed by atoms with Gasteiger partial charge in [0, 0.05) is 0 Å². The summed E-state index contributed by atoms with van der Waals surface area (Å²) in [6, 6.07) is 0. The van der Waals surface area contributed by atoms with Gasteiger partial charge in [0.05, 0.1) is 26.4 Å². The molecule has 0 saturated heterocycles. The molecule has 0 atom stereocenters. The second-order valence-corrected chi connectivity index (χ2v) is 10.1. The minimum absolute atomic E-state index is 0.232. The van der Waals surface area contributed by atoms with Crippen LogP contribution in [0.5, 0.6) is 0 Å². The highest BCUT2D eigenvalue weighted by atomic mass is 16.6. The molecule has 0 heterocycles. The molecule has 0 rings (SSSR count). The Kier molecular flexibility index (Phi) is 19.6. The quantitative estimate of drug-likeness (QED) is 0.0607. The number of hydrogen-bond acceptors (Lipinski definition) is 8. The molecule has 38 heavy (non-hydrogen) atoms. The average molecular weight is 543 g/mol. The van der Waals surface area contributed by atoms with Crippen molar-refractivity contribution in [2.24, 2.45) is 10.8 Å². The van der Waals surface area contributed by atoms with Gasteiger partial charge in [-0.25, -0.2) is 0 Å². The van der Waals surface area contributed by atoms with Crippen LogP contribution in [-0.2, 0) is 38.1 Å². The summed E-state index contributed by atoms with van der Waals surface area (Å²) in [5.74, 6) is -2.18. The molecular weight excluding hydrogens is 488 g/mol. The van der Waals surface area contributed by atoms with E-state index in [4.69, 9.17) is 18.9 Å². The maximum Gasteiger partial charge on any atom is 0.323 e. The van der Waals surface area contributed by atoms with E-state index >= 15 is 0 Å². The largest absolute Gasteiger partial charge is 0.465 e. The van der Waals surface area contributed by atoms with Gasteiger partial charge >= 0.3 is 23.9 Å². The molecule has 0 aromatic rings. The molecule has 222 valence electrons. The zero-order chi connectivity index (χ0) is 28.9. The minimum atomic E-state index is -1.39. The summed E-state index contributed by atoms with van der Waals surface area (Å²) in [6.45, 7) is 12.6. The molecule has 0 unspecified atom stereocenters. The molecule has 8 nitrogen and oxygen atoms in total. The molecule has 0 bridgehead atoms. The van der Waals surface area contributed by atoms with Gasteiger partial charge in [0.25, 0.3) is 0 Å². The average Bonchev–Trinajstić information content (AvgIpc) is 2.93. The smallest absolute Gasteiger partial charge is 0.323 e. The van der Waals surface area contributed by atoms with E-state index in [1.165, 1.54) is 0 Å². The van der Waals surface area contributed by atoms with E-state index in [1.54, 1.807) is 0 Å². The molecule has 0 aliphatic rings. The van der Waals surface area contributed by atoms with Crippen molar-refractivity contribution in [1.82, 2.24) is 0 Å². The number of ether oxygens (including phenoxy) is 4. The van der Waals surface area contributed by atoms with E-state index in [-0.39, 0.29) is 39.3 Å². The molecule has 0 saturated carbocycles. The Morgan fingerprint density at radius 1 is 0.395 bits per heavy atom. The second-order valence-electron chi connectivity index (χ2n) is 10.1. The Bertz CT molecular complexity index is 590. The third-order valence-corrected chi connectivity index (χ3v) is 6.68. The first kappa shape index (κ1) is 35.9. The van der Waals surface area contributed by atoms with E-state index < -0.39 is 34.7 Å². The third-order valence-electron chi connectivity index (χ3n) is 6.68. The van der Waals surface area contributed by atoms with E-state index in [0.717, 1.165) is 12.8 Å². The fourth-order valence-electron chi connectivity index (χ4n) is 4.38. The van der Waals surface area contributed by atoms with E-state index in [0.29, 0.717) is 64.2 Å². The first-order chi connectivity index (χ1) is 18.3. The predicted molar refractivity (Wildman–Crippen MR) is 147 cm³/mol. The standard InChI is InChI=1S/C30H54O8/c1-7-13-17-29(25(31)35-21-9-3,26(32)36-22-10-4)19-15-16-20-30(18-14-8-2,27(33)37-23-11-5)28(34)38-24-12-6/h7-24H2,1-6H3. The van der Waals surface area contributed by atoms with Crippen molar-refractivity contribution >= 4 is 23.9 Å². The van der Waals surface area contributed by atoms with Crippen LogP contribution in [0.4, 0.5) is 0 Å². The lowest BCUT2D eigenvalue weighted by Crippen LogP contribution is -2.43. The Morgan fingerprint density at radius 3 is 0.842 bits per heavy atom. The topological polar surface area (TPSA) is 105 Å². The van der Waals surface area contributed by atoms with Crippen molar-refractivity contribution < 1.29 is 38.1 Å². The molecule has 0 aromatic carbocycles. The summed E-state index contributed by atoms with van der Waals surface area (Å²) in [5.41, 5.74) is -2.78. The van der Waals surface area contributed by atoms with Gasteiger partial charge in [-0.15, -0.1) is 0 Å². The molecule has 0 N–H and O–H groups in total. The molecule has 0 fully saturated rings. The van der Waals surface area contributed by atoms with Crippen LogP contribution in [0.25, 0.3) is 0 Å². The van der Waals surface area contributed by atoms with Gasteiger partial charge in [0.2, 0.25) is 0 Å². The molecule has 0 aromatic heterocycles. The van der Waals surface area contributed by atoms with Gasteiger partial charge in [0.1, 0.15) is 0 Å². The Morgan fingerprint density at radius 2 is 0.632 bits per heavy atom. The normalized spacial score (nSPS) is 11.6. The Labute approximate surface area is 230 Å². The summed E-state index contributed by atoms with van der Waals surface area (Å²) in [6.07, 6.45) is 7.63. The van der Waals surface area contributed by atoms with Crippen molar-refractivity contribution in [1.29, 1.82) is 0 Å². The Balaban J connectivity index is 5.97. The van der Waals surface area contributed by atoms with Gasteiger partial charge in [-0.3, -0.25) is 19.2 Å². The first-order valence-electron chi connectivity index (χ1n) is 14.9. The molecule has 0 radical (unpaired) electrons. The van der Waals surface area contributed by atoms with Crippen molar-refractivity contribution in [2.45, 2.75) is 131 Å². The van der Waals surface area contributed by atoms with Crippen LogP contribution in [0.1, 0.15) is 131 Å². The van der Waals surface area contributed by atoms with Gasteiger partial charge in [0.15, 0.2) is 10.8 Å². The zero-order valence-corrected chi connectivity index (χ0v) is 25.0. The van der Waals surface area contributed by atoms with Crippen molar-refractivity contribution in [3.05, 3.63) is 0 Å². The molecule has 0 aliphatic heterocycles. The van der Waals surface area contributed by atoms with Crippen LogP contribution in [0.2, 0.25) is 0 Å². The predicted octanol–water partition coefficient (Wildman–Crippen LogP) is 6.71. The maximum absolute atomic E-state index is 13.2. The van der Waals surface area contributed by atoms with E-state index in [1.807, 2.05) is 41.5 Å². The number of rotatable bonds is 23. The summed E-state index contributed by atoms with van der Waals surface area (Å²) >= 11 is 0. The Hall–Kier alpha value is -2.12. The van der Waals surface area contributed by atoms with Crippen LogP contribution < -0.4 is 0 Å². The minimum Gasteiger partial charge on any atom is -0.465 e. The molecule has 0 aliphatic carbocycles. The lowest BCUT2D eigenvalue weighted by Gasteiger charge is -2.31. The summed E-state index contributed by atoms with van der Waals surface area (Å²) in [7, 11) is 0. The fraction of sp³-hybridized carbons (Fsp3) is 0.867. The van der Waals surface area contributed by atoms with E-state index in [9.17, 15) is 19.2 Å². The van der Waals surface area contributed by atoms with Gasteiger partial charge in [-0.2, -0.15) is 0 Å². The lowest BCUT2D eigenvalue weighted by molar-refractivity contribution is -0.177. The monoisotopic (exact) mass is 542 g/mol. The number of hydrogen-bond donors (Lipinski definition) is 0. The van der Waals surface area contributed by atoms with Crippen molar-refractivity contribution in [3.8, 4) is 0 Å². The summed E-state index contributed by atoms with van der Waals surface area (Å²) in [5, 5.41) is 0. The number of carbonyl (C=O) groups is 4. The van der Waals surface area contributed by atoms with Gasteiger partial charge in [-0.05, 0) is 51.4 Å². The van der Waals surface area contributed by atoms with E-state index in [2.05, 4.69) is 0 Å². The summed E-state index contributed by atoms with van der Waals surface area (Å²) in [4.78, 5) is 53.0. The van der Waals surface area contributed by atoms with Crippen LogP contribution in [0.3, 0.4) is 0 Å². The zero-order valence-electron chi connectivity index (χ0n) is 25.0. The van der Waals surface area contributed by atoms with Crippen LogP contribution >= 0.6 is 0 Å². The number of carbonyl (C=O) groups excluding carboxylic acids is 4. The highest BCUT2D eigenvalue weighted by Gasteiger charge is 2.50. The molecule has 8 heteroatoms. The first-order valence-corrected chi connectivity index (χ1v) is 14.9. The van der Waals surface area contributed by atoms with Crippen molar-refractivity contribution in [2.75, 3.05) is 26.4 Å². The molecule has 0 amide bonds. The number of unbranched alkanes of at least 4 members (excludes halogenated alkanes) is 3. The van der Waals surface area contributed by atoms with Crippen LogP contribution in [-0.4, -0.2) is 50.3 Å². The fourth-order valence-corrected chi connectivity index (χ4v) is 4.38. The second kappa shape index (κ2) is 20.8. The SMILES string of the molecule is CCCCC(CCCCC(CCCC)(C(=O)OCCC)C(=O)OCCC)(C(=O)OCCC)C(=O)OCCC. The van der Waals surface area contributed by atoms with Crippen LogP contribution in [0, 0.1) is 10.8 Å². The molecule has 0 spiro atoms. The number of esters is 4. The molecular formula is C30H54O8. The van der Waals surface area contributed by atoms with Gasteiger partial charge in [-0.1, -0.05) is 80.1 Å².